The van der Waals surface area contributed by atoms with Crippen LogP contribution in [-0.4, -0.2) is 0 Å². The zero-order chi connectivity index (χ0) is 31.4. The molecule has 0 amide bonds. The van der Waals surface area contributed by atoms with Gasteiger partial charge in [0, 0.05) is 16.9 Å². The molecular weight excluding hydrogens is 567 g/mol. The minimum Gasteiger partial charge on any atom is -0.310 e. The largest absolute Gasteiger partial charge is 0.310 e. The second-order valence-electron chi connectivity index (χ2n) is 11.8. The first-order valence-corrected chi connectivity index (χ1v) is 16.1. The van der Waals surface area contributed by atoms with Gasteiger partial charge in [-0.05, 0) is 80.0 Å². The summed E-state index contributed by atoms with van der Waals surface area (Å²) in [7, 11) is 0. The molecule has 0 saturated carbocycles. The van der Waals surface area contributed by atoms with Crippen molar-refractivity contribution >= 4 is 27.8 Å². The van der Waals surface area contributed by atoms with Crippen molar-refractivity contribution in [3.05, 3.63) is 200 Å². The Morgan fingerprint density at radius 2 is 0.745 bits per heavy atom. The van der Waals surface area contributed by atoms with Crippen LogP contribution in [0.4, 0.5) is 17.1 Å². The molecule has 0 N–H and O–H groups in total. The monoisotopic (exact) mass is 599 g/mol. The van der Waals surface area contributed by atoms with Crippen LogP contribution in [0.3, 0.4) is 0 Å². The molecule has 0 bridgehead atoms. The predicted molar refractivity (Wildman–Crippen MR) is 200 cm³/mol. The van der Waals surface area contributed by atoms with Crippen LogP contribution in [-0.2, 0) is 0 Å². The summed E-state index contributed by atoms with van der Waals surface area (Å²) in [6.07, 6.45) is 0. The molecule has 0 aliphatic rings. The maximum atomic E-state index is 2.38. The van der Waals surface area contributed by atoms with Gasteiger partial charge in [-0.15, -0.1) is 0 Å². The van der Waals surface area contributed by atoms with E-state index in [0.29, 0.717) is 0 Å². The number of fused-ring (bicyclic) bond motifs is 1. The Kier molecular flexibility index (Phi) is 7.63. The lowest BCUT2D eigenvalue weighted by atomic mass is 9.89. The Morgan fingerprint density at radius 1 is 0.277 bits per heavy atom. The van der Waals surface area contributed by atoms with E-state index < -0.39 is 0 Å². The molecule has 0 spiro atoms. The topological polar surface area (TPSA) is 3.24 Å². The lowest BCUT2D eigenvalue weighted by Crippen LogP contribution is -2.11. The molecule has 0 aromatic heterocycles. The summed E-state index contributed by atoms with van der Waals surface area (Å²) in [4.78, 5) is 2.38. The molecule has 1 heteroatoms. The molecule has 0 radical (unpaired) electrons. The van der Waals surface area contributed by atoms with E-state index in [1.54, 1.807) is 0 Å². The first-order chi connectivity index (χ1) is 23.3. The van der Waals surface area contributed by atoms with E-state index in [0.717, 1.165) is 17.1 Å². The Morgan fingerprint density at radius 3 is 1.38 bits per heavy atom. The average molecular weight is 600 g/mol. The number of anilines is 3. The first kappa shape index (κ1) is 28.3. The number of benzene rings is 8. The van der Waals surface area contributed by atoms with Crippen molar-refractivity contribution in [1.29, 1.82) is 0 Å². The van der Waals surface area contributed by atoms with Crippen LogP contribution in [0.25, 0.3) is 55.3 Å². The molecule has 47 heavy (non-hydrogen) atoms. The average Bonchev–Trinajstić information content (AvgIpc) is 3.16. The fraction of sp³-hybridized carbons (Fsp3) is 0. The lowest BCUT2D eigenvalue weighted by molar-refractivity contribution is 1.28. The summed E-state index contributed by atoms with van der Waals surface area (Å²) in [6, 6.07) is 71.8. The van der Waals surface area contributed by atoms with E-state index >= 15 is 0 Å². The van der Waals surface area contributed by atoms with Crippen LogP contribution in [0.2, 0.25) is 0 Å². The third-order valence-electron chi connectivity index (χ3n) is 8.89. The van der Waals surface area contributed by atoms with Gasteiger partial charge in [-0.1, -0.05) is 170 Å². The predicted octanol–water partition coefficient (Wildman–Crippen LogP) is 13.0. The maximum absolute atomic E-state index is 2.38. The zero-order valence-electron chi connectivity index (χ0n) is 26.0. The van der Waals surface area contributed by atoms with Gasteiger partial charge >= 0.3 is 0 Å². The van der Waals surface area contributed by atoms with E-state index in [9.17, 15) is 0 Å². The normalized spacial score (nSPS) is 11.0. The summed E-state index contributed by atoms with van der Waals surface area (Å²) in [5.74, 6) is 0. The van der Waals surface area contributed by atoms with Crippen LogP contribution >= 0.6 is 0 Å². The number of para-hydroxylation sites is 1. The Bertz CT molecular complexity index is 2250. The summed E-state index contributed by atoms with van der Waals surface area (Å²) in [6.45, 7) is 0. The van der Waals surface area contributed by atoms with E-state index in [2.05, 4.69) is 205 Å². The summed E-state index contributed by atoms with van der Waals surface area (Å²) >= 11 is 0. The van der Waals surface area contributed by atoms with E-state index in [1.807, 2.05) is 0 Å². The number of hydrogen-bond donors (Lipinski definition) is 0. The third-order valence-corrected chi connectivity index (χ3v) is 8.89. The van der Waals surface area contributed by atoms with Gasteiger partial charge in [-0.2, -0.15) is 0 Å². The Hall–Kier alpha value is -6.18. The maximum Gasteiger partial charge on any atom is 0.0540 e. The fourth-order valence-corrected chi connectivity index (χ4v) is 6.61. The molecule has 0 aliphatic carbocycles. The van der Waals surface area contributed by atoms with Crippen LogP contribution in [0.15, 0.2) is 200 Å². The standard InChI is InChI=1S/C46H33N/c1-4-14-34(15-5-1)35-24-29-40(30-25-35)47(45-23-13-12-21-42(45)36-16-6-2-7-17-36)41-31-26-39(27-32-41)46-43-22-11-10-20-38(43)28-33-44(46)37-18-8-3-9-19-37/h1-33H. The van der Waals surface area contributed by atoms with Crippen LogP contribution in [0.5, 0.6) is 0 Å². The van der Waals surface area contributed by atoms with Gasteiger partial charge in [-0.3, -0.25) is 0 Å². The second kappa shape index (κ2) is 12.7. The first-order valence-electron chi connectivity index (χ1n) is 16.1. The number of rotatable bonds is 7. The third kappa shape index (κ3) is 5.60. The van der Waals surface area contributed by atoms with E-state index in [1.165, 1.54) is 55.3 Å². The SMILES string of the molecule is c1ccc(-c2ccc(N(c3ccc(-c4c(-c5ccccc5)ccc5ccccc45)cc3)c3ccccc3-c3ccccc3)cc2)cc1. The molecule has 8 rings (SSSR count). The van der Waals surface area contributed by atoms with Gasteiger partial charge < -0.3 is 4.90 Å². The Balaban J connectivity index is 1.28. The second-order valence-corrected chi connectivity index (χ2v) is 11.8. The molecule has 0 saturated heterocycles. The highest BCUT2D eigenvalue weighted by molar-refractivity contribution is 6.04. The smallest absolute Gasteiger partial charge is 0.0540 e. The molecule has 8 aromatic carbocycles. The summed E-state index contributed by atoms with van der Waals surface area (Å²) in [5.41, 5.74) is 13.0. The van der Waals surface area contributed by atoms with Crippen LogP contribution in [0, 0.1) is 0 Å². The van der Waals surface area contributed by atoms with Crippen molar-refractivity contribution in [1.82, 2.24) is 0 Å². The molecule has 1 nitrogen and oxygen atoms in total. The van der Waals surface area contributed by atoms with Gasteiger partial charge in [0.2, 0.25) is 0 Å². The lowest BCUT2D eigenvalue weighted by Gasteiger charge is -2.28. The molecular formula is C46H33N. The zero-order valence-corrected chi connectivity index (χ0v) is 26.0. The van der Waals surface area contributed by atoms with Crippen molar-refractivity contribution in [2.45, 2.75) is 0 Å². The molecule has 8 aromatic rings. The van der Waals surface area contributed by atoms with E-state index in [4.69, 9.17) is 0 Å². The Labute approximate surface area is 276 Å². The molecule has 0 aliphatic heterocycles. The van der Waals surface area contributed by atoms with Gasteiger partial charge in [0.05, 0.1) is 5.69 Å². The van der Waals surface area contributed by atoms with Crippen molar-refractivity contribution in [3.8, 4) is 44.5 Å². The highest BCUT2D eigenvalue weighted by Crippen LogP contribution is 2.43. The molecule has 222 valence electrons. The highest BCUT2D eigenvalue weighted by Gasteiger charge is 2.18. The van der Waals surface area contributed by atoms with Gasteiger partial charge in [0.15, 0.2) is 0 Å². The van der Waals surface area contributed by atoms with Gasteiger partial charge in [0.25, 0.3) is 0 Å². The summed E-state index contributed by atoms with van der Waals surface area (Å²) < 4.78 is 0. The van der Waals surface area contributed by atoms with Crippen molar-refractivity contribution < 1.29 is 0 Å². The molecule has 0 fully saturated rings. The highest BCUT2D eigenvalue weighted by atomic mass is 15.1. The van der Waals surface area contributed by atoms with Gasteiger partial charge in [0.1, 0.15) is 0 Å². The quantitative estimate of drug-likeness (QED) is 0.176. The van der Waals surface area contributed by atoms with E-state index in [-0.39, 0.29) is 0 Å². The fourth-order valence-electron chi connectivity index (χ4n) is 6.61. The molecule has 0 unspecified atom stereocenters. The summed E-state index contributed by atoms with van der Waals surface area (Å²) in [5, 5.41) is 2.49. The number of nitrogens with zero attached hydrogens (tertiary/aromatic N) is 1. The minimum atomic E-state index is 1.10. The van der Waals surface area contributed by atoms with Crippen molar-refractivity contribution in [2.24, 2.45) is 0 Å². The molecule has 0 atom stereocenters. The van der Waals surface area contributed by atoms with Gasteiger partial charge in [-0.25, -0.2) is 0 Å². The minimum absolute atomic E-state index is 1.10. The van der Waals surface area contributed by atoms with Crippen molar-refractivity contribution in [3.63, 3.8) is 0 Å². The number of hydrogen-bond acceptors (Lipinski definition) is 1. The van der Waals surface area contributed by atoms with Crippen molar-refractivity contribution in [2.75, 3.05) is 4.90 Å². The van der Waals surface area contributed by atoms with Crippen LogP contribution < -0.4 is 4.90 Å². The molecule has 0 heterocycles. The van der Waals surface area contributed by atoms with Crippen LogP contribution in [0.1, 0.15) is 0 Å².